The Kier molecular flexibility index (Phi) is 3.84. The summed E-state index contributed by atoms with van der Waals surface area (Å²) in [7, 11) is 1.76. The summed E-state index contributed by atoms with van der Waals surface area (Å²) in [6, 6.07) is 5.58. The van der Waals surface area contributed by atoms with Crippen LogP contribution in [-0.2, 0) is 4.79 Å². The molecular weight excluding hydrogens is 278 g/mol. The average Bonchev–Trinajstić information content (AvgIpc) is 2.92. The minimum absolute atomic E-state index is 0.0401. The second kappa shape index (κ2) is 5.66. The Bertz CT molecular complexity index is 650. The van der Waals surface area contributed by atoms with E-state index in [9.17, 15) is 9.90 Å². The molecular formula is C18H21NO3. The van der Waals surface area contributed by atoms with Crippen LogP contribution in [0.5, 0.6) is 5.75 Å². The first-order chi connectivity index (χ1) is 10.5. The fourth-order valence-electron chi connectivity index (χ4n) is 2.99. The molecule has 1 aliphatic carbocycles. The van der Waals surface area contributed by atoms with E-state index in [1.54, 1.807) is 11.9 Å². The van der Waals surface area contributed by atoms with Gasteiger partial charge in [0.05, 0.1) is 18.2 Å². The van der Waals surface area contributed by atoms with Gasteiger partial charge in [-0.1, -0.05) is 18.8 Å². The first-order valence-corrected chi connectivity index (χ1v) is 7.78. The number of carbonyl (C=O) groups excluding carboxylic acids is 1. The maximum atomic E-state index is 12.2. The quantitative estimate of drug-likeness (QED) is 0.748. The molecule has 1 aromatic carbocycles. The Morgan fingerprint density at radius 2 is 2.09 bits per heavy atom. The molecule has 1 amide bonds. The molecule has 0 spiro atoms. The van der Waals surface area contributed by atoms with E-state index in [-0.39, 0.29) is 11.8 Å². The van der Waals surface area contributed by atoms with Crippen molar-refractivity contribution in [2.24, 2.45) is 5.92 Å². The monoisotopic (exact) mass is 299 g/mol. The number of anilines is 1. The van der Waals surface area contributed by atoms with Crippen molar-refractivity contribution in [1.29, 1.82) is 0 Å². The highest BCUT2D eigenvalue weighted by Crippen LogP contribution is 2.33. The Morgan fingerprint density at radius 1 is 1.36 bits per heavy atom. The van der Waals surface area contributed by atoms with Gasteiger partial charge in [0.15, 0.2) is 0 Å². The fourth-order valence-corrected chi connectivity index (χ4v) is 2.99. The zero-order valence-corrected chi connectivity index (χ0v) is 13.1. The van der Waals surface area contributed by atoms with Crippen molar-refractivity contribution in [3.8, 4) is 17.6 Å². The van der Waals surface area contributed by atoms with E-state index >= 15 is 0 Å². The van der Waals surface area contributed by atoms with Crippen molar-refractivity contribution in [3.63, 3.8) is 0 Å². The molecule has 0 aromatic heterocycles. The van der Waals surface area contributed by atoms with Gasteiger partial charge in [0.1, 0.15) is 11.4 Å². The highest BCUT2D eigenvalue weighted by Gasteiger charge is 2.29. The molecule has 116 valence electrons. The van der Waals surface area contributed by atoms with Crippen LogP contribution in [0.3, 0.4) is 0 Å². The number of aliphatic hydroxyl groups is 1. The van der Waals surface area contributed by atoms with Crippen LogP contribution in [0.15, 0.2) is 18.2 Å². The van der Waals surface area contributed by atoms with E-state index in [0.29, 0.717) is 12.4 Å². The molecule has 1 aliphatic heterocycles. The van der Waals surface area contributed by atoms with Gasteiger partial charge in [-0.05, 0) is 43.9 Å². The zero-order chi connectivity index (χ0) is 15.7. The van der Waals surface area contributed by atoms with Gasteiger partial charge >= 0.3 is 0 Å². The third-order valence-corrected chi connectivity index (χ3v) is 4.43. The van der Waals surface area contributed by atoms with Crippen LogP contribution in [0.1, 0.15) is 38.2 Å². The van der Waals surface area contributed by atoms with Gasteiger partial charge in [-0.25, -0.2) is 0 Å². The second-order valence-corrected chi connectivity index (χ2v) is 6.28. The SMILES string of the molecule is C[C@H]1COc2ccc(C#CC3(O)CCCC3)cc2N(C)C1=O. The van der Waals surface area contributed by atoms with Gasteiger partial charge in [-0.2, -0.15) is 0 Å². The number of fused-ring (bicyclic) bond motifs is 1. The number of ether oxygens (including phenoxy) is 1. The van der Waals surface area contributed by atoms with Crippen LogP contribution >= 0.6 is 0 Å². The van der Waals surface area contributed by atoms with Crippen LogP contribution in [-0.4, -0.2) is 30.3 Å². The van der Waals surface area contributed by atoms with Gasteiger partial charge in [-0.15, -0.1) is 0 Å². The number of hydrogen-bond donors (Lipinski definition) is 1. The molecule has 2 aliphatic rings. The van der Waals surface area contributed by atoms with E-state index in [4.69, 9.17) is 4.74 Å². The Labute approximate surface area is 131 Å². The summed E-state index contributed by atoms with van der Waals surface area (Å²) in [5.74, 6) is 6.62. The minimum Gasteiger partial charge on any atom is -0.491 e. The van der Waals surface area contributed by atoms with Crippen molar-refractivity contribution >= 4 is 11.6 Å². The fraction of sp³-hybridized carbons (Fsp3) is 0.500. The topological polar surface area (TPSA) is 49.8 Å². The van der Waals surface area contributed by atoms with E-state index in [0.717, 1.165) is 36.9 Å². The van der Waals surface area contributed by atoms with Crippen LogP contribution in [0.2, 0.25) is 0 Å². The summed E-state index contributed by atoms with van der Waals surface area (Å²) < 4.78 is 5.69. The van der Waals surface area contributed by atoms with Gasteiger partial charge in [0.2, 0.25) is 5.91 Å². The first kappa shape index (κ1) is 14.9. The molecule has 0 unspecified atom stereocenters. The highest BCUT2D eigenvalue weighted by atomic mass is 16.5. The maximum Gasteiger partial charge on any atom is 0.233 e. The number of amides is 1. The molecule has 1 fully saturated rings. The molecule has 4 nitrogen and oxygen atoms in total. The molecule has 0 radical (unpaired) electrons. The van der Waals surface area contributed by atoms with E-state index in [1.807, 2.05) is 25.1 Å². The first-order valence-electron chi connectivity index (χ1n) is 7.78. The smallest absolute Gasteiger partial charge is 0.233 e. The summed E-state index contributed by atoms with van der Waals surface area (Å²) >= 11 is 0. The lowest BCUT2D eigenvalue weighted by Gasteiger charge is -2.18. The van der Waals surface area contributed by atoms with Crippen LogP contribution in [0, 0.1) is 17.8 Å². The number of hydrogen-bond acceptors (Lipinski definition) is 3. The number of carbonyl (C=O) groups is 1. The standard InChI is InChI=1S/C18H21NO3/c1-13-12-22-16-6-5-14(11-15(16)19(2)17(13)20)7-10-18(21)8-3-4-9-18/h5-6,11,13,21H,3-4,8-9,12H2,1-2H3/t13-/m0/s1. The molecule has 1 heterocycles. The average molecular weight is 299 g/mol. The van der Waals surface area contributed by atoms with Gasteiger partial charge in [-0.3, -0.25) is 4.79 Å². The second-order valence-electron chi connectivity index (χ2n) is 6.28. The molecule has 1 aromatic rings. The third-order valence-electron chi connectivity index (χ3n) is 4.43. The largest absolute Gasteiger partial charge is 0.491 e. The lowest BCUT2D eigenvalue weighted by Crippen LogP contribution is -2.31. The maximum absolute atomic E-state index is 12.2. The highest BCUT2D eigenvalue weighted by molar-refractivity contribution is 5.96. The van der Waals surface area contributed by atoms with Crippen LogP contribution < -0.4 is 9.64 Å². The molecule has 1 saturated carbocycles. The van der Waals surface area contributed by atoms with Crippen molar-refractivity contribution in [2.75, 3.05) is 18.6 Å². The summed E-state index contributed by atoms with van der Waals surface area (Å²) in [6.45, 7) is 2.25. The Hall–Kier alpha value is -1.99. The minimum atomic E-state index is -0.848. The molecule has 0 saturated heterocycles. The summed E-state index contributed by atoms with van der Waals surface area (Å²) in [5.41, 5.74) is 0.677. The molecule has 22 heavy (non-hydrogen) atoms. The van der Waals surface area contributed by atoms with Crippen molar-refractivity contribution in [3.05, 3.63) is 23.8 Å². The van der Waals surface area contributed by atoms with Crippen molar-refractivity contribution < 1.29 is 14.6 Å². The van der Waals surface area contributed by atoms with E-state index < -0.39 is 5.60 Å². The van der Waals surface area contributed by atoms with Gasteiger partial charge < -0.3 is 14.7 Å². The van der Waals surface area contributed by atoms with E-state index in [2.05, 4.69) is 11.8 Å². The number of benzene rings is 1. The third kappa shape index (κ3) is 2.82. The predicted octanol–water partition coefficient (Wildman–Crippen LogP) is 2.33. The van der Waals surface area contributed by atoms with Crippen LogP contribution in [0.25, 0.3) is 0 Å². The summed E-state index contributed by atoms with van der Waals surface area (Å²) in [4.78, 5) is 13.8. The number of nitrogens with zero attached hydrogens (tertiary/aromatic N) is 1. The zero-order valence-electron chi connectivity index (χ0n) is 13.1. The van der Waals surface area contributed by atoms with Crippen molar-refractivity contribution in [1.82, 2.24) is 0 Å². The predicted molar refractivity (Wildman–Crippen MR) is 84.8 cm³/mol. The van der Waals surface area contributed by atoms with Crippen molar-refractivity contribution in [2.45, 2.75) is 38.2 Å². The van der Waals surface area contributed by atoms with Gasteiger partial charge in [0.25, 0.3) is 0 Å². The molecule has 1 N–H and O–H groups in total. The lowest BCUT2D eigenvalue weighted by molar-refractivity contribution is -0.122. The summed E-state index contributed by atoms with van der Waals surface area (Å²) in [6.07, 6.45) is 3.53. The number of rotatable bonds is 0. The molecule has 4 heteroatoms. The Balaban J connectivity index is 1.91. The van der Waals surface area contributed by atoms with Crippen LogP contribution in [0.4, 0.5) is 5.69 Å². The molecule has 0 bridgehead atoms. The van der Waals surface area contributed by atoms with E-state index in [1.165, 1.54) is 0 Å². The summed E-state index contributed by atoms with van der Waals surface area (Å²) in [5, 5.41) is 10.3. The molecule has 1 atom stereocenters. The lowest BCUT2D eigenvalue weighted by atomic mass is 10.0. The van der Waals surface area contributed by atoms with Gasteiger partial charge in [0, 0.05) is 12.6 Å². The normalized spacial score (nSPS) is 23.1. The Morgan fingerprint density at radius 3 is 2.82 bits per heavy atom. The molecule has 3 rings (SSSR count).